The molecule has 1 aromatic rings. The normalized spacial score (nSPS) is 18.7. The lowest BCUT2D eigenvalue weighted by atomic mass is 9.93. The van der Waals surface area contributed by atoms with E-state index >= 15 is 0 Å². The van der Waals surface area contributed by atoms with Crippen LogP contribution in [0.5, 0.6) is 0 Å². The van der Waals surface area contributed by atoms with E-state index in [-0.39, 0.29) is 12.3 Å². The van der Waals surface area contributed by atoms with Crippen LogP contribution in [-0.2, 0) is 20.6 Å². The summed E-state index contributed by atoms with van der Waals surface area (Å²) < 4.78 is 17.4. The molecule has 0 radical (unpaired) electrons. The molecule has 1 saturated heterocycles. The molecule has 1 aliphatic carbocycles. The smallest absolute Gasteiger partial charge is 0.348 e. The predicted molar refractivity (Wildman–Crippen MR) is 88.8 cm³/mol. The second-order valence-corrected chi connectivity index (χ2v) is 7.38. The molecule has 0 saturated carbocycles. The van der Waals surface area contributed by atoms with Crippen molar-refractivity contribution in [2.24, 2.45) is 0 Å². The summed E-state index contributed by atoms with van der Waals surface area (Å²) in [6.45, 7) is 3.38. The van der Waals surface area contributed by atoms with Crippen LogP contribution in [0.3, 0.4) is 0 Å². The highest BCUT2D eigenvalue weighted by atomic mass is 35.5. The fourth-order valence-corrected chi connectivity index (χ4v) is 5.22. The topological polar surface area (TPSA) is 44.8 Å². The third-order valence-electron chi connectivity index (χ3n) is 3.67. The Morgan fingerprint density at radius 2 is 2.14 bits per heavy atom. The van der Waals surface area contributed by atoms with E-state index in [1.54, 1.807) is 11.8 Å². The van der Waals surface area contributed by atoms with E-state index in [1.807, 2.05) is 13.2 Å². The number of hydrogen-bond acceptors (Lipinski definition) is 6. The minimum absolute atomic E-state index is 0.259. The molecule has 0 N–H and O–H groups in total. The summed E-state index contributed by atoms with van der Waals surface area (Å²) in [5.74, 6) is -0.259. The predicted octanol–water partition coefficient (Wildman–Crippen LogP) is 3.92. The first-order chi connectivity index (χ1) is 10.7. The van der Waals surface area contributed by atoms with Crippen molar-refractivity contribution in [3.8, 4) is 0 Å². The fourth-order valence-electron chi connectivity index (χ4n) is 2.72. The van der Waals surface area contributed by atoms with Gasteiger partial charge in [0, 0.05) is 11.1 Å². The van der Waals surface area contributed by atoms with Gasteiger partial charge in [-0.3, -0.25) is 0 Å². The maximum absolute atomic E-state index is 12.2. The lowest BCUT2D eigenvalue weighted by Gasteiger charge is -2.22. The molecule has 2 heterocycles. The van der Waals surface area contributed by atoms with Crippen LogP contribution in [0.15, 0.2) is 9.78 Å². The zero-order valence-corrected chi connectivity index (χ0v) is 14.8. The van der Waals surface area contributed by atoms with E-state index in [9.17, 15) is 4.79 Å². The van der Waals surface area contributed by atoms with Crippen molar-refractivity contribution in [2.75, 3.05) is 26.1 Å². The van der Waals surface area contributed by atoms with Crippen molar-refractivity contribution in [1.29, 1.82) is 0 Å². The van der Waals surface area contributed by atoms with Crippen LogP contribution in [0.4, 0.5) is 0 Å². The zero-order chi connectivity index (χ0) is 15.7. The SMILES string of the molecule is CCOC(=O)c1sc(SC)c2c1CCC(C1OCCO1)=C2Cl. The molecular formula is C15H17ClO4S2. The molecule has 3 rings (SSSR count). The lowest BCUT2D eigenvalue weighted by molar-refractivity contribution is -0.0129. The number of esters is 1. The number of halogens is 1. The maximum atomic E-state index is 12.2. The van der Waals surface area contributed by atoms with Gasteiger partial charge in [0.15, 0.2) is 6.29 Å². The third kappa shape index (κ3) is 2.83. The van der Waals surface area contributed by atoms with Crippen molar-refractivity contribution in [1.82, 2.24) is 0 Å². The van der Waals surface area contributed by atoms with Gasteiger partial charge in [0.25, 0.3) is 0 Å². The highest BCUT2D eigenvalue weighted by molar-refractivity contribution is 8.00. The van der Waals surface area contributed by atoms with Crippen molar-refractivity contribution in [2.45, 2.75) is 30.3 Å². The largest absolute Gasteiger partial charge is 0.462 e. The number of thioether (sulfide) groups is 1. The van der Waals surface area contributed by atoms with Crippen LogP contribution in [0.1, 0.15) is 34.1 Å². The van der Waals surface area contributed by atoms with Gasteiger partial charge >= 0.3 is 5.97 Å². The van der Waals surface area contributed by atoms with E-state index in [0.29, 0.717) is 29.7 Å². The number of rotatable bonds is 4. The third-order valence-corrected chi connectivity index (χ3v) is 6.44. The Morgan fingerprint density at radius 3 is 2.77 bits per heavy atom. The summed E-state index contributed by atoms with van der Waals surface area (Å²) in [5, 5.41) is 0.671. The van der Waals surface area contributed by atoms with Crippen molar-refractivity contribution in [3.05, 3.63) is 21.6 Å². The van der Waals surface area contributed by atoms with Crippen molar-refractivity contribution in [3.63, 3.8) is 0 Å². The number of fused-ring (bicyclic) bond motifs is 1. The fraction of sp³-hybridized carbons (Fsp3) is 0.533. The van der Waals surface area contributed by atoms with Crippen LogP contribution in [0, 0.1) is 0 Å². The minimum atomic E-state index is -0.346. The highest BCUT2D eigenvalue weighted by Crippen LogP contribution is 2.47. The van der Waals surface area contributed by atoms with E-state index in [4.69, 9.17) is 25.8 Å². The Balaban J connectivity index is 2.04. The van der Waals surface area contributed by atoms with Crippen LogP contribution in [-0.4, -0.2) is 38.3 Å². The van der Waals surface area contributed by atoms with E-state index in [2.05, 4.69) is 0 Å². The minimum Gasteiger partial charge on any atom is -0.462 e. The van der Waals surface area contributed by atoms with Crippen LogP contribution < -0.4 is 0 Å². The number of carbonyl (C=O) groups is 1. The second-order valence-electron chi connectivity index (χ2n) is 4.91. The van der Waals surface area contributed by atoms with Crippen LogP contribution >= 0.6 is 34.7 Å². The van der Waals surface area contributed by atoms with Crippen molar-refractivity contribution < 1.29 is 19.0 Å². The number of thiophene rings is 1. The Bertz CT molecular complexity index is 617. The van der Waals surface area contributed by atoms with Gasteiger partial charge in [-0.2, -0.15) is 0 Å². The zero-order valence-electron chi connectivity index (χ0n) is 12.4. The summed E-state index contributed by atoms with van der Waals surface area (Å²) in [7, 11) is 0. The Hall–Kier alpha value is -0.530. The molecular weight excluding hydrogens is 344 g/mol. The Kier molecular flexibility index (Phi) is 5.14. The van der Waals surface area contributed by atoms with Gasteiger partial charge in [-0.1, -0.05) is 11.6 Å². The molecule has 2 aliphatic rings. The van der Waals surface area contributed by atoms with Crippen LogP contribution in [0.2, 0.25) is 0 Å². The molecule has 1 aliphatic heterocycles. The van der Waals surface area contributed by atoms with Crippen LogP contribution in [0.25, 0.3) is 5.03 Å². The van der Waals surface area contributed by atoms with Gasteiger partial charge < -0.3 is 14.2 Å². The van der Waals surface area contributed by atoms with E-state index < -0.39 is 0 Å². The van der Waals surface area contributed by atoms with E-state index in [1.165, 1.54) is 11.3 Å². The molecule has 0 amide bonds. The van der Waals surface area contributed by atoms with Gasteiger partial charge in [0.1, 0.15) is 4.88 Å². The molecule has 0 unspecified atom stereocenters. The Labute approximate surface area is 142 Å². The van der Waals surface area contributed by atoms with E-state index in [0.717, 1.165) is 33.8 Å². The number of ether oxygens (including phenoxy) is 3. The summed E-state index contributed by atoms with van der Waals surface area (Å²) in [6, 6.07) is 0. The second kappa shape index (κ2) is 6.93. The molecule has 0 bridgehead atoms. The molecule has 7 heteroatoms. The lowest BCUT2D eigenvalue weighted by Crippen LogP contribution is -2.17. The first kappa shape index (κ1) is 16.3. The molecule has 1 fully saturated rings. The summed E-state index contributed by atoms with van der Waals surface area (Å²) in [4.78, 5) is 12.8. The molecule has 0 atom stereocenters. The maximum Gasteiger partial charge on any atom is 0.348 e. The molecule has 1 aromatic heterocycles. The average molecular weight is 361 g/mol. The standard InChI is InChI=1S/C15H17ClO4S2/c1-3-18-13(17)12-8-4-5-9(14-19-6-7-20-14)11(16)10(8)15(21-2)22-12/h14H,3-7H2,1-2H3. The Morgan fingerprint density at radius 1 is 1.41 bits per heavy atom. The van der Waals surface area contributed by atoms with Gasteiger partial charge in [-0.25, -0.2) is 4.79 Å². The van der Waals surface area contributed by atoms with Gasteiger partial charge in [0.2, 0.25) is 0 Å². The van der Waals surface area contributed by atoms with Crippen molar-refractivity contribution >= 4 is 45.7 Å². The molecule has 22 heavy (non-hydrogen) atoms. The summed E-state index contributed by atoms with van der Waals surface area (Å²) in [5.41, 5.74) is 2.94. The summed E-state index contributed by atoms with van der Waals surface area (Å²) in [6.07, 6.45) is 3.14. The van der Waals surface area contributed by atoms with Gasteiger partial charge in [-0.15, -0.1) is 23.1 Å². The molecule has 0 spiro atoms. The monoisotopic (exact) mass is 360 g/mol. The quantitative estimate of drug-likeness (QED) is 0.601. The summed E-state index contributed by atoms with van der Waals surface area (Å²) >= 11 is 9.69. The molecule has 120 valence electrons. The molecule has 4 nitrogen and oxygen atoms in total. The number of carbonyl (C=O) groups excluding carboxylic acids is 1. The first-order valence-electron chi connectivity index (χ1n) is 7.16. The first-order valence-corrected chi connectivity index (χ1v) is 9.58. The molecule has 0 aromatic carbocycles. The van der Waals surface area contributed by atoms with Gasteiger partial charge in [-0.05, 0) is 31.6 Å². The van der Waals surface area contributed by atoms with Gasteiger partial charge in [0.05, 0.1) is 29.1 Å². The number of hydrogen-bond donors (Lipinski definition) is 0. The average Bonchev–Trinajstić information content (AvgIpc) is 3.15. The highest BCUT2D eigenvalue weighted by Gasteiger charge is 2.33.